The van der Waals surface area contributed by atoms with Gasteiger partial charge in [0.2, 0.25) is 0 Å². The van der Waals surface area contributed by atoms with Gasteiger partial charge in [-0.05, 0) is 37.3 Å². The van der Waals surface area contributed by atoms with Gasteiger partial charge >= 0.3 is 0 Å². The standard InChI is InChI=1S/C13H16F2O2/c14-10-4-5-13(11(15)8-10)17-7-6-9-2-1-3-12(9)16/h4-5,8-9,12,16H,1-3,6-7H2. The SMILES string of the molecule is OC1CCCC1CCOc1ccc(F)cc1F. The summed E-state index contributed by atoms with van der Waals surface area (Å²) < 4.78 is 31.1. The Balaban J connectivity index is 1.81. The molecule has 0 amide bonds. The quantitative estimate of drug-likeness (QED) is 0.879. The van der Waals surface area contributed by atoms with Crippen molar-refractivity contribution in [1.29, 1.82) is 0 Å². The first-order chi connectivity index (χ1) is 8.16. The molecule has 1 aliphatic rings. The first-order valence-electron chi connectivity index (χ1n) is 5.93. The van der Waals surface area contributed by atoms with E-state index < -0.39 is 11.6 Å². The fourth-order valence-electron chi connectivity index (χ4n) is 2.27. The minimum absolute atomic E-state index is 0.0684. The summed E-state index contributed by atoms with van der Waals surface area (Å²) >= 11 is 0. The van der Waals surface area contributed by atoms with Gasteiger partial charge in [-0.1, -0.05) is 6.42 Å². The minimum atomic E-state index is -0.683. The maximum absolute atomic E-state index is 13.2. The molecule has 1 N–H and O–H groups in total. The van der Waals surface area contributed by atoms with E-state index in [1.807, 2.05) is 0 Å². The van der Waals surface area contributed by atoms with Crippen molar-refractivity contribution in [3.05, 3.63) is 29.8 Å². The first kappa shape index (κ1) is 12.3. The molecule has 2 atom stereocenters. The number of aliphatic hydroxyl groups excluding tert-OH is 1. The highest BCUT2D eigenvalue weighted by Crippen LogP contribution is 2.28. The van der Waals surface area contributed by atoms with Crippen molar-refractivity contribution in [2.45, 2.75) is 31.8 Å². The molecular formula is C13H16F2O2. The molecule has 1 aliphatic carbocycles. The van der Waals surface area contributed by atoms with Crippen LogP contribution in [0.1, 0.15) is 25.7 Å². The summed E-state index contributed by atoms with van der Waals surface area (Å²) in [7, 11) is 0. The molecule has 2 rings (SSSR count). The van der Waals surface area contributed by atoms with Gasteiger partial charge in [-0.2, -0.15) is 0 Å². The Morgan fingerprint density at radius 2 is 2.12 bits per heavy atom. The summed E-state index contributed by atoms with van der Waals surface area (Å²) in [6.45, 7) is 0.351. The van der Waals surface area contributed by atoms with Gasteiger partial charge in [0, 0.05) is 6.07 Å². The molecule has 0 aliphatic heterocycles. The van der Waals surface area contributed by atoms with Crippen LogP contribution in [0.5, 0.6) is 5.75 Å². The van der Waals surface area contributed by atoms with E-state index in [2.05, 4.69) is 0 Å². The van der Waals surface area contributed by atoms with Crippen molar-refractivity contribution in [1.82, 2.24) is 0 Å². The third-order valence-corrected chi connectivity index (χ3v) is 3.26. The molecule has 94 valence electrons. The predicted molar refractivity (Wildman–Crippen MR) is 59.8 cm³/mol. The van der Waals surface area contributed by atoms with Crippen molar-refractivity contribution in [2.24, 2.45) is 5.92 Å². The van der Waals surface area contributed by atoms with Crippen LogP contribution in [0.2, 0.25) is 0 Å². The first-order valence-corrected chi connectivity index (χ1v) is 5.93. The zero-order valence-electron chi connectivity index (χ0n) is 9.53. The molecule has 1 aromatic carbocycles. The van der Waals surface area contributed by atoms with E-state index in [-0.39, 0.29) is 17.8 Å². The number of rotatable bonds is 4. The summed E-state index contributed by atoms with van der Waals surface area (Å²) in [6, 6.07) is 3.26. The lowest BCUT2D eigenvalue weighted by atomic mass is 10.0. The Morgan fingerprint density at radius 1 is 1.29 bits per heavy atom. The number of halogens is 2. The highest BCUT2D eigenvalue weighted by molar-refractivity contribution is 5.24. The summed E-state index contributed by atoms with van der Waals surface area (Å²) in [5.74, 6) is -0.976. The lowest BCUT2D eigenvalue weighted by molar-refractivity contribution is 0.116. The van der Waals surface area contributed by atoms with E-state index >= 15 is 0 Å². The molecule has 0 bridgehead atoms. The van der Waals surface area contributed by atoms with Gasteiger partial charge in [-0.15, -0.1) is 0 Å². The number of aliphatic hydroxyl groups is 1. The van der Waals surface area contributed by atoms with Gasteiger partial charge in [-0.25, -0.2) is 8.78 Å². The van der Waals surface area contributed by atoms with Crippen LogP contribution < -0.4 is 4.74 Å². The molecule has 17 heavy (non-hydrogen) atoms. The number of hydrogen-bond acceptors (Lipinski definition) is 2. The van der Waals surface area contributed by atoms with Crippen molar-refractivity contribution >= 4 is 0 Å². The van der Waals surface area contributed by atoms with Crippen LogP contribution >= 0.6 is 0 Å². The van der Waals surface area contributed by atoms with E-state index in [4.69, 9.17) is 4.74 Å². The fraction of sp³-hybridized carbons (Fsp3) is 0.538. The molecule has 1 saturated carbocycles. The molecule has 0 radical (unpaired) electrons. The zero-order chi connectivity index (χ0) is 12.3. The van der Waals surface area contributed by atoms with Crippen LogP contribution in [0.15, 0.2) is 18.2 Å². The number of ether oxygens (including phenoxy) is 1. The highest BCUT2D eigenvalue weighted by atomic mass is 19.1. The molecule has 0 heterocycles. The lowest BCUT2D eigenvalue weighted by Gasteiger charge is -2.14. The van der Waals surface area contributed by atoms with Gasteiger partial charge in [0.1, 0.15) is 5.82 Å². The Labute approximate surface area is 99.2 Å². The molecule has 0 aromatic heterocycles. The van der Waals surface area contributed by atoms with Crippen LogP contribution in [-0.4, -0.2) is 17.8 Å². The molecule has 0 saturated heterocycles. The van der Waals surface area contributed by atoms with Gasteiger partial charge in [0.25, 0.3) is 0 Å². The largest absolute Gasteiger partial charge is 0.491 e. The summed E-state index contributed by atoms with van der Waals surface area (Å²) in [4.78, 5) is 0. The van der Waals surface area contributed by atoms with E-state index in [1.54, 1.807) is 0 Å². The monoisotopic (exact) mass is 242 g/mol. The summed E-state index contributed by atoms with van der Waals surface area (Å²) in [6.07, 6.45) is 3.33. The fourth-order valence-corrected chi connectivity index (χ4v) is 2.27. The topological polar surface area (TPSA) is 29.5 Å². The van der Waals surface area contributed by atoms with Gasteiger partial charge < -0.3 is 9.84 Å². The third-order valence-electron chi connectivity index (χ3n) is 3.26. The second kappa shape index (κ2) is 5.45. The van der Waals surface area contributed by atoms with Crippen LogP contribution in [0.25, 0.3) is 0 Å². The molecule has 2 nitrogen and oxygen atoms in total. The summed E-state index contributed by atoms with van der Waals surface area (Å²) in [5, 5.41) is 9.60. The third kappa shape index (κ3) is 3.16. The van der Waals surface area contributed by atoms with Crippen LogP contribution in [0.3, 0.4) is 0 Å². The van der Waals surface area contributed by atoms with E-state index in [0.29, 0.717) is 13.0 Å². The van der Waals surface area contributed by atoms with Gasteiger partial charge in [-0.3, -0.25) is 0 Å². The Kier molecular flexibility index (Phi) is 3.94. The molecular weight excluding hydrogens is 226 g/mol. The number of hydrogen-bond donors (Lipinski definition) is 1. The molecule has 4 heteroatoms. The van der Waals surface area contributed by atoms with E-state index in [9.17, 15) is 13.9 Å². The second-order valence-corrected chi connectivity index (χ2v) is 4.47. The van der Waals surface area contributed by atoms with Crippen molar-refractivity contribution < 1.29 is 18.6 Å². The molecule has 0 spiro atoms. The van der Waals surface area contributed by atoms with E-state index in [0.717, 1.165) is 25.3 Å². The van der Waals surface area contributed by atoms with Gasteiger partial charge in [0.05, 0.1) is 12.7 Å². The zero-order valence-corrected chi connectivity index (χ0v) is 9.53. The Bertz CT molecular complexity index is 382. The van der Waals surface area contributed by atoms with Crippen LogP contribution in [-0.2, 0) is 0 Å². The highest BCUT2D eigenvalue weighted by Gasteiger charge is 2.24. The van der Waals surface area contributed by atoms with Crippen LogP contribution in [0.4, 0.5) is 8.78 Å². The molecule has 1 aromatic rings. The lowest BCUT2D eigenvalue weighted by Crippen LogP contribution is -2.16. The predicted octanol–water partition coefficient (Wildman–Crippen LogP) is 2.89. The minimum Gasteiger partial charge on any atom is -0.491 e. The Hall–Kier alpha value is -1.16. The van der Waals surface area contributed by atoms with E-state index in [1.165, 1.54) is 12.1 Å². The Morgan fingerprint density at radius 3 is 2.76 bits per heavy atom. The molecule has 2 unspecified atom stereocenters. The number of benzene rings is 1. The maximum Gasteiger partial charge on any atom is 0.167 e. The average molecular weight is 242 g/mol. The van der Waals surface area contributed by atoms with Crippen LogP contribution in [0, 0.1) is 17.6 Å². The average Bonchev–Trinajstić information content (AvgIpc) is 2.68. The van der Waals surface area contributed by atoms with Crippen molar-refractivity contribution in [2.75, 3.05) is 6.61 Å². The normalized spacial score (nSPS) is 23.9. The summed E-state index contributed by atoms with van der Waals surface area (Å²) in [5.41, 5.74) is 0. The second-order valence-electron chi connectivity index (χ2n) is 4.47. The smallest absolute Gasteiger partial charge is 0.167 e. The van der Waals surface area contributed by atoms with Crippen molar-refractivity contribution in [3.8, 4) is 5.75 Å². The molecule has 1 fully saturated rings. The van der Waals surface area contributed by atoms with Gasteiger partial charge in [0.15, 0.2) is 11.6 Å². The maximum atomic E-state index is 13.2. The van der Waals surface area contributed by atoms with Crippen molar-refractivity contribution in [3.63, 3.8) is 0 Å².